The van der Waals surface area contributed by atoms with E-state index in [4.69, 9.17) is 10.2 Å². The number of carboxylic acid groups (broad SMARTS) is 1. The van der Waals surface area contributed by atoms with E-state index in [0.29, 0.717) is 18.4 Å². The Morgan fingerprint density at radius 1 is 1.41 bits per heavy atom. The number of rotatable bonds is 7. The fraction of sp³-hybridized carbons (Fsp3) is 0.818. The lowest BCUT2D eigenvalue weighted by Gasteiger charge is -2.16. The van der Waals surface area contributed by atoms with Crippen molar-refractivity contribution in [1.29, 1.82) is 0 Å². The highest BCUT2D eigenvalue weighted by Gasteiger charge is 2.28. The van der Waals surface area contributed by atoms with Crippen LogP contribution in [0.1, 0.15) is 26.2 Å². The molecule has 1 saturated carbocycles. The van der Waals surface area contributed by atoms with Gasteiger partial charge in [0.25, 0.3) is 0 Å². The third kappa shape index (κ3) is 5.04. The molecule has 98 valence electrons. The molecule has 2 atom stereocenters. The number of carbonyl (C=O) groups is 2. The van der Waals surface area contributed by atoms with Gasteiger partial charge in [-0.05, 0) is 24.7 Å². The lowest BCUT2D eigenvalue weighted by Crippen LogP contribution is -2.47. The lowest BCUT2D eigenvalue weighted by atomic mass is 10.1. The first kappa shape index (κ1) is 13.8. The quantitative estimate of drug-likeness (QED) is 0.513. The standard InChI is InChI=1S/C11H20N2O4/c1-7(8-2-3-8)6-12-11(17)13-9(4-5-14)10(15)16/h7-9,14H,2-6H2,1H3,(H,15,16)(H2,12,13,17)/t7?,9-/m0/s1. The van der Waals surface area contributed by atoms with E-state index in [1.165, 1.54) is 12.8 Å². The van der Waals surface area contributed by atoms with Crippen LogP contribution in [0.25, 0.3) is 0 Å². The molecule has 0 aromatic rings. The Labute approximate surface area is 100 Å². The fourth-order valence-corrected chi connectivity index (χ4v) is 1.68. The van der Waals surface area contributed by atoms with E-state index in [2.05, 4.69) is 17.6 Å². The summed E-state index contributed by atoms with van der Waals surface area (Å²) in [6, 6.07) is -1.52. The number of urea groups is 1. The second-order valence-corrected chi connectivity index (χ2v) is 4.57. The molecule has 2 amide bonds. The predicted octanol–water partition coefficient (Wildman–Crippen LogP) is 0.167. The molecule has 4 N–H and O–H groups in total. The zero-order chi connectivity index (χ0) is 12.8. The summed E-state index contributed by atoms with van der Waals surface area (Å²) in [5.74, 6) is -0.00526. The zero-order valence-corrected chi connectivity index (χ0v) is 9.98. The third-order valence-electron chi connectivity index (χ3n) is 3.03. The highest BCUT2D eigenvalue weighted by Crippen LogP contribution is 2.35. The molecule has 17 heavy (non-hydrogen) atoms. The second-order valence-electron chi connectivity index (χ2n) is 4.57. The topological polar surface area (TPSA) is 98.7 Å². The summed E-state index contributed by atoms with van der Waals surface area (Å²) in [7, 11) is 0. The van der Waals surface area contributed by atoms with Gasteiger partial charge in [0.15, 0.2) is 0 Å². The smallest absolute Gasteiger partial charge is 0.326 e. The lowest BCUT2D eigenvalue weighted by molar-refractivity contribution is -0.139. The van der Waals surface area contributed by atoms with Gasteiger partial charge in [-0.15, -0.1) is 0 Å². The van der Waals surface area contributed by atoms with Crippen LogP contribution in [0.4, 0.5) is 4.79 Å². The molecular formula is C11H20N2O4. The second kappa shape index (κ2) is 6.44. The highest BCUT2D eigenvalue weighted by atomic mass is 16.4. The normalized spacial score (nSPS) is 18.2. The number of aliphatic hydroxyl groups is 1. The van der Waals surface area contributed by atoms with E-state index < -0.39 is 18.0 Å². The van der Waals surface area contributed by atoms with Gasteiger partial charge in [-0.1, -0.05) is 6.92 Å². The SMILES string of the molecule is CC(CNC(=O)N[C@@H](CCO)C(=O)O)C1CC1. The molecule has 6 heteroatoms. The molecule has 1 unspecified atom stereocenters. The number of nitrogens with one attached hydrogen (secondary N) is 2. The van der Waals surface area contributed by atoms with Gasteiger partial charge in [0.2, 0.25) is 0 Å². The molecule has 0 saturated heterocycles. The van der Waals surface area contributed by atoms with E-state index in [-0.39, 0.29) is 13.0 Å². The van der Waals surface area contributed by atoms with E-state index in [0.717, 1.165) is 0 Å². The van der Waals surface area contributed by atoms with Gasteiger partial charge >= 0.3 is 12.0 Å². The summed E-state index contributed by atoms with van der Waals surface area (Å²) in [4.78, 5) is 22.1. The number of amides is 2. The van der Waals surface area contributed by atoms with Gasteiger partial charge in [-0.25, -0.2) is 9.59 Å². The average Bonchev–Trinajstić information content (AvgIpc) is 3.08. The number of aliphatic hydroxyl groups excluding tert-OH is 1. The molecular weight excluding hydrogens is 224 g/mol. The summed E-state index contributed by atoms with van der Waals surface area (Å²) >= 11 is 0. The van der Waals surface area contributed by atoms with Crippen molar-refractivity contribution < 1.29 is 19.8 Å². The Hall–Kier alpha value is -1.30. The summed E-state index contributed by atoms with van der Waals surface area (Å²) < 4.78 is 0. The first-order valence-corrected chi connectivity index (χ1v) is 5.92. The Kier molecular flexibility index (Phi) is 5.21. The largest absolute Gasteiger partial charge is 0.480 e. The summed E-state index contributed by atoms with van der Waals surface area (Å²) in [6.07, 6.45) is 2.44. The Morgan fingerprint density at radius 2 is 2.06 bits per heavy atom. The molecule has 0 aromatic carbocycles. The fourth-order valence-electron chi connectivity index (χ4n) is 1.68. The molecule has 0 radical (unpaired) electrons. The van der Waals surface area contributed by atoms with E-state index in [1.54, 1.807) is 0 Å². The number of carboxylic acids is 1. The maximum atomic E-state index is 11.4. The van der Waals surface area contributed by atoms with E-state index in [1.807, 2.05) is 0 Å². The maximum Gasteiger partial charge on any atom is 0.326 e. The van der Waals surface area contributed by atoms with Crippen LogP contribution in [0.3, 0.4) is 0 Å². The van der Waals surface area contributed by atoms with Gasteiger partial charge in [-0.3, -0.25) is 0 Å². The zero-order valence-electron chi connectivity index (χ0n) is 9.98. The number of hydrogen-bond donors (Lipinski definition) is 4. The molecule has 6 nitrogen and oxygen atoms in total. The average molecular weight is 244 g/mol. The maximum absolute atomic E-state index is 11.4. The molecule has 1 rings (SSSR count). The van der Waals surface area contributed by atoms with Crippen molar-refractivity contribution in [2.75, 3.05) is 13.2 Å². The van der Waals surface area contributed by atoms with Crippen molar-refractivity contribution in [3.05, 3.63) is 0 Å². The van der Waals surface area contributed by atoms with Crippen LogP contribution in [0.2, 0.25) is 0 Å². The van der Waals surface area contributed by atoms with Gasteiger partial charge < -0.3 is 20.8 Å². The molecule has 0 heterocycles. The van der Waals surface area contributed by atoms with Crippen LogP contribution in [-0.4, -0.2) is 41.4 Å². The van der Waals surface area contributed by atoms with E-state index >= 15 is 0 Å². The van der Waals surface area contributed by atoms with Gasteiger partial charge in [-0.2, -0.15) is 0 Å². The molecule has 1 aliphatic rings. The molecule has 0 aliphatic heterocycles. The summed E-state index contributed by atoms with van der Waals surface area (Å²) in [5.41, 5.74) is 0. The molecule has 0 bridgehead atoms. The third-order valence-corrected chi connectivity index (χ3v) is 3.03. The van der Waals surface area contributed by atoms with Gasteiger partial charge in [0.05, 0.1) is 0 Å². The van der Waals surface area contributed by atoms with Crippen molar-refractivity contribution in [1.82, 2.24) is 10.6 Å². The van der Waals surface area contributed by atoms with Crippen LogP contribution in [0.15, 0.2) is 0 Å². The van der Waals surface area contributed by atoms with Gasteiger partial charge in [0, 0.05) is 19.6 Å². The minimum Gasteiger partial charge on any atom is -0.480 e. The van der Waals surface area contributed by atoms with Crippen molar-refractivity contribution in [3.8, 4) is 0 Å². The molecule has 0 spiro atoms. The molecule has 1 fully saturated rings. The first-order valence-electron chi connectivity index (χ1n) is 5.92. The van der Waals surface area contributed by atoms with Gasteiger partial charge in [0.1, 0.15) is 6.04 Å². The van der Waals surface area contributed by atoms with Crippen LogP contribution >= 0.6 is 0 Å². The van der Waals surface area contributed by atoms with Crippen molar-refractivity contribution >= 4 is 12.0 Å². The van der Waals surface area contributed by atoms with Crippen molar-refractivity contribution in [3.63, 3.8) is 0 Å². The molecule has 1 aliphatic carbocycles. The van der Waals surface area contributed by atoms with Crippen LogP contribution in [-0.2, 0) is 4.79 Å². The Balaban J connectivity index is 2.23. The van der Waals surface area contributed by atoms with Crippen molar-refractivity contribution in [2.24, 2.45) is 11.8 Å². The number of carbonyl (C=O) groups excluding carboxylic acids is 1. The number of hydrogen-bond acceptors (Lipinski definition) is 3. The Bertz CT molecular complexity index is 279. The Morgan fingerprint density at radius 3 is 2.53 bits per heavy atom. The minimum atomic E-state index is -1.13. The first-order chi connectivity index (χ1) is 8.04. The minimum absolute atomic E-state index is 0.0148. The number of aliphatic carboxylic acids is 1. The van der Waals surface area contributed by atoms with Crippen molar-refractivity contribution in [2.45, 2.75) is 32.2 Å². The monoisotopic (exact) mass is 244 g/mol. The summed E-state index contributed by atoms with van der Waals surface area (Å²) in [6.45, 7) is 2.36. The molecule has 0 aromatic heterocycles. The highest BCUT2D eigenvalue weighted by molar-refractivity contribution is 5.82. The predicted molar refractivity (Wildman–Crippen MR) is 61.5 cm³/mol. The van der Waals surface area contributed by atoms with Crippen LogP contribution in [0.5, 0.6) is 0 Å². The summed E-state index contributed by atoms with van der Waals surface area (Å²) in [5, 5.41) is 22.4. The van der Waals surface area contributed by atoms with Crippen LogP contribution < -0.4 is 10.6 Å². The van der Waals surface area contributed by atoms with E-state index in [9.17, 15) is 9.59 Å². The van der Waals surface area contributed by atoms with Crippen LogP contribution in [0, 0.1) is 11.8 Å².